The molecule has 188 valence electrons. The summed E-state index contributed by atoms with van der Waals surface area (Å²) in [6.07, 6.45) is 1.46. The Kier molecular flexibility index (Phi) is 7.87. The van der Waals surface area contributed by atoms with E-state index < -0.39 is 27.9 Å². The zero-order chi connectivity index (χ0) is 25.5. The minimum Gasteiger partial charge on any atom is -0.455 e. The predicted molar refractivity (Wildman–Crippen MR) is 136 cm³/mol. The van der Waals surface area contributed by atoms with Gasteiger partial charge in [0.2, 0.25) is 5.91 Å². The second-order valence-corrected chi connectivity index (χ2v) is 10.2. The molecule has 0 spiro atoms. The number of sulfonamides is 1. The maximum atomic E-state index is 13.0. The molecule has 9 nitrogen and oxygen atoms in total. The van der Waals surface area contributed by atoms with E-state index in [1.54, 1.807) is 36.4 Å². The second kappa shape index (κ2) is 11.2. The van der Waals surface area contributed by atoms with Crippen molar-refractivity contribution in [3.63, 3.8) is 0 Å². The summed E-state index contributed by atoms with van der Waals surface area (Å²) in [4.78, 5) is 24.7. The molecule has 10 heteroatoms. The topological polar surface area (TPSA) is 140 Å². The molecule has 1 heterocycles. The molecule has 0 bridgehead atoms. The lowest BCUT2D eigenvalue weighted by molar-refractivity contribution is -0.121. The Morgan fingerprint density at radius 1 is 0.917 bits per heavy atom. The number of hydrogen-bond donors (Lipinski definition) is 4. The summed E-state index contributed by atoms with van der Waals surface area (Å²) in [6, 6.07) is 20.4. The Bertz CT molecular complexity index is 1310. The van der Waals surface area contributed by atoms with Crippen LogP contribution >= 0.6 is 0 Å². The van der Waals surface area contributed by atoms with Crippen LogP contribution < -0.4 is 25.8 Å². The van der Waals surface area contributed by atoms with E-state index in [2.05, 4.69) is 15.4 Å². The second-order valence-electron chi connectivity index (χ2n) is 8.48. The number of nitrogens with two attached hydrogens (primary N) is 1. The molecule has 4 rings (SSSR count). The van der Waals surface area contributed by atoms with Gasteiger partial charge in [-0.15, -0.1) is 0 Å². The van der Waals surface area contributed by atoms with Crippen molar-refractivity contribution < 1.29 is 22.7 Å². The third-order valence-corrected chi connectivity index (χ3v) is 7.36. The zero-order valence-corrected chi connectivity index (χ0v) is 20.3. The number of benzene rings is 3. The highest BCUT2D eigenvalue weighted by atomic mass is 32.2. The average molecular weight is 509 g/mol. The van der Waals surface area contributed by atoms with Crippen LogP contribution in [0.2, 0.25) is 0 Å². The SMILES string of the molecule is NC(=O)C(NC(=O)c1ccc(S(=O)(=O)Nc2ccccc2Oc2ccccc2)cc1)C1CCNCC1. The van der Waals surface area contributed by atoms with E-state index in [-0.39, 0.29) is 22.1 Å². The summed E-state index contributed by atoms with van der Waals surface area (Å²) in [5.74, 6) is -0.211. The summed E-state index contributed by atoms with van der Waals surface area (Å²) in [6.45, 7) is 1.51. The molecule has 1 aliphatic heterocycles. The van der Waals surface area contributed by atoms with Crippen molar-refractivity contribution in [1.29, 1.82) is 0 Å². The minimum absolute atomic E-state index is 0.0293. The molecule has 2 amide bonds. The van der Waals surface area contributed by atoms with Gasteiger partial charge in [-0.3, -0.25) is 14.3 Å². The molecular weight excluding hydrogens is 480 g/mol. The molecule has 1 unspecified atom stereocenters. The molecular formula is C26H28N4O5S. The van der Waals surface area contributed by atoms with Crippen LogP contribution in [0.5, 0.6) is 11.5 Å². The highest BCUT2D eigenvalue weighted by Crippen LogP contribution is 2.31. The summed E-state index contributed by atoms with van der Waals surface area (Å²) in [5, 5.41) is 5.92. The first-order chi connectivity index (χ1) is 17.3. The van der Waals surface area contributed by atoms with E-state index in [0.717, 1.165) is 25.9 Å². The van der Waals surface area contributed by atoms with Crippen LogP contribution in [0.3, 0.4) is 0 Å². The van der Waals surface area contributed by atoms with Gasteiger partial charge in [0.1, 0.15) is 11.8 Å². The van der Waals surface area contributed by atoms with E-state index in [0.29, 0.717) is 11.5 Å². The lowest BCUT2D eigenvalue weighted by Gasteiger charge is -2.29. The summed E-state index contributed by atoms with van der Waals surface area (Å²) in [5.41, 5.74) is 6.03. The number of hydrogen-bond acceptors (Lipinski definition) is 6. The number of ether oxygens (including phenoxy) is 1. The predicted octanol–water partition coefficient (Wildman–Crippen LogP) is 2.86. The van der Waals surface area contributed by atoms with Crippen LogP contribution in [0, 0.1) is 5.92 Å². The summed E-state index contributed by atoms with van der Waals surface area (Å²) >= 11 is 0. The van der Waals surface area contributed by atoms with E-state index in [4.69, 9.17) is 10.5 Å². The molecule has 1 saturated heterocycles. The van der Waals surface area contributed by atoms with Crippen LogP contribution in [0.1, 0.15) is 23.2 Å². The fourth-order valence-electron chi connectivity index (χ4n) is 4.07. The summed E-state index contributed by atoms with van der Waals surface area (Å²) < 4.78 is 34.4. The molecule has 0 saturated carbocycles. The van der Waals surface area contributed by atoms with Gasteiger partial charge in [-0.05, 0) is 80.4 Å². The van der Waals surface area contributed by atoms with Gasteiger partial charge in [0.25, 0.3) is 15.9 Å². The maximum absolute atomic E-state index is 13.0. The quantitative estimate of drug-likeness (QED) is 0.350. The third-order valence-electron chi connectivity index (χ3n) is 5.98. The monoisotopic (exact) mass is 508 g/mol. The van der Waals surface area contributed by atoms with E-state index in [1.165, 1.54) is 24.3 Å². The first-order valence-electron chi connectivity index (χ1n) is 11.6. The normalized spacial score (nSPS) is 15.0. The molecule has 3 aromatic carbocycles. The van der Waals surface area contributed by atoms with Crippen molar-refractivity contribution in [3.8, 4) is 11.5 Å². The molecule has 0 aromatic heterocycles. The number of primary amides is 1. The zero-order valence-electron chi connectivity index (χ0n) is 19.5. The van der Waals surface area contributed by atoms with Gasteiger partial charge in [0.15, 0.2) is 5.75 Å². The standard InChI is InChI=1S/C26H28N4O5S/c27-25(31)24(18-14-16-28-17-15-18)29-26(32)19-10-12-21(13-11-19)36(33,34)30-22-8-4-5-9-23(22)35-20-6-2-1-3-7-20/h1-13,18,24,28,30H,14-17H2,(H2,27,31)(H,29,32). The molecule has 1 aliphatic rings. The van der Waals surface area contributed by atoms with Crippen molar-refractivity contribution in [1.82, 2.24) is 10.6 Å². The minimum atomic E-state index is -3.97. The maximum Gasteiger partial charge on any atom is 0.262 e. The van der Waals surface area contributed by atoms with E-state index in [1.807, 2.05) is 18.2 Å². The largest absolute Gasteiger partial charge is 0.455 e. The smallest absolute Gasteiger partial charge is 0.262 e. The van der Waals surface area contributed by atoms with Gasteiger partial charge in [-0.1, -0.05) is 30.3 Å². The number of piperidine rings is 1. The van der Waals surface area contributed by atoms with E-state index >= 15 is 0 Å². The highest BCUT2D eigenvalue weighted by molar-refractivity contribution is 7.92. The molecule has 5 N–H and O–H groups in total. The van der Waals surface area contributed by atoms with Crippen molar-refractivity contribution in [2.24, 2.45) is 11.7 Å². The Balaban J connectivity index is 1.46. The van der Waals surface area contributed by atoms with Gasteiger partial charge in [-0.2, -0.15) is 0 Å². The van der Waals surface area contributed by atoms with Crippen molar-refractivity contribution in [2.75, 3.05) is 17.8 Å². The average Bonchev–Trinajstić information content (AvgIpc) is 2.89. The number of para-hydroxylation sites is 3. The van der Waals surface area contributed by atoms with Crippen molar-refractivity contribution in [3.05, 3.63) is 84.4 Å². The molecule has 1 fully saturated rings. The Hall–Kier alpha value is -3.89. The van der Waals surface area contributed by atoms with Crippen molar-refractivity contribution >= 4 is 27.5 Å². The van der Waals surface area contributed by atoms with Crippen LogP contribution in [0.25, 0.3) is 0 Å². The first-order valence-corrected chi connectivity index (χ1v) is 13.1. The van der Waals surface area contributed by atoms with Crippen LogP contribution in [-0.4, -0.2) is 39.4 Å². The number of amides is 2. The number of nitrogens with one attached hydrogen (secondary N) is 3. The molecule has 1 atom stereocenters. The number of anilines is 1. The Morgan fingerprint density at radius 2 is 1.56 bits per heavy atom. The Labute approximate surface area is 210 Å². The van der Waals surface area contributed by atoms with Crippen LogP contribution in [0.15, 0.2) is 83.8 Å². The van der Waals surface area contributed by atoms with E-state index in [9.17, 15) is 18.0 Å². The van der Waals surface area contributed by atoms with Gasteiger partial charge < -0.3 is 21.1 Å². The molecule has 36 heavy (non-hydrogen) atoms. The van der Waals surface area contributed by atoms with Gasteiger partial charge in [0.05, 0.1) is 10.6 Å². The van der Waals surface area contributed by atoms with Gasteiger partial charge in [-0.25, -0.2) is 8.42 Å². The fourth-order valence-corrected chi connectivity index (χ4v) is 5.14. The third kappa shape index (κ3) is 6.21. The number of carbonyl (C=O) groups is 2. The van der Waals surface area contributed by atoms with Gasteiger partial charge in [0, 0.05) is 5.56 Å². The molecule has 0 aliphatic carbocycles. The lowest BCUT2D eigenvalue weighted by atomic mass is 9.89. The summed E-state index contributed by atoms with van der Waals surface area (Å²) in [7, 11) is -3.97. The first kappa shape index (κ1) is 25.2. The molecule has 3 aromatic rings. The number of carbonyl (C=O) groups excluding carboxylic acids is 2. The lowest BCUT2D eigenvalue weighted by Crippen LogP contribution is -2.51. The fraction of sp³-hybridized carbons (Fsp3) is 0.231. The number of rotatable bonds is 9. The van der Waals surface area contributed by atoms with Crippen LogP contribution in [0.4, 0.5) is 5.69 Å². The van der Waals surface area contributed by atoms with Crippen molar-refractivity contribution in [2.45, 2.75) is 23.8 Å². The molecule has 0 radical (unpaired) electrons. The highest BCUT2D eigenvalue weighted by Gasteiger charge is 2.29. The van der Waals surface area contributed by atoms with Gasteiger partial charge >= 0.3 is 0 Å². The Morgan fingerprint density at radius 3 is 2.22 bits per heavy atom. The van der Waals surface area contributed by atoms with Crippen LogP contribution in [-0.2, 0) is 14.8 Å².